The van der Waals surface area contributed by atoms with Crippen molar-refractivity contribution in [1.82, 2.24) is 30.3 Å². The van der Waals surface area contributed by atoms with Crippen LogP contribution in [0.2, 0.25) is 0 Å². The van der Waals surface area contributed by atoms with Crippen LogP contribution >= 0.6 is 35.3 Å². The van der Waals surface area contributed by atoms with Crippen molar-refractivity contribution in [2.75, 3.05) is 26.7 Å². The van der Waals surface area contributed by atoms with Gasteiger partial charge in [-0.25, -0.2) is 9.67 Å². The number of aryl methyl sites for hydroxylation is 1. The Morgan fingerprint density at radius 2 is 2.29 bits per heavy atom. The molecule has 4 heterocycles. The molecule has 4 rings (SSSR count). The number of nitrogens with one attached hydrogen (secondary N) is 2. The molecule has 0 saturated heterocycles. The predicted molar refractivity (Wildman–Crippen MR) is 135 cm³/mol. The molecule has 172 valence electrons. The Kier molecular flexibility index (Phi) is 9.11. The first-order chi connectivity index (χ1) is 14.7. The van der Waals surface area contributed by atoms with Crippen LogP contribution in [0.3, 0.4) is 0 Å². The molecule has 0 aromatic carbocycles. The quantitative estimate of drug-likeness (QED) is 0.308. The number of fused-ring (bicyclic) bond motifs is 2. The lowest BCUT2D eigenvalue weighted by molar-refractivity contribution is 0.177. The van der Waals surface area contributed by atoms with Crippen LogP contribution in [0.5, 0.6) is 0 Å². The standard InChI is InChI=1S/C21H33N7OS.HI/c1-4-22-21(23-11-15(2)27-9-7-18-16(12-27)8-10-30-18)24-17-5-6-20-25-19(14-29-3)26-28(20)13-17;/h8,10,15,17H,4-7,9,11-14H2,1-3H3,(H2,22,23,24);1H. The van der Waals surface area contributed by atoms with Crippen molar-refractivity contribution in [1.29, 1.82) is 0 Å². The summed E-state index contributed by atoms with van der Waals surface area (Å²) >= 11 is 1.89. The molecule has 0 bridgehead atoms. The summed E-state index contributed by atoms with van der Waals surface area (Å²) < 4.78 is 7.17. The van der Waals surface area contributed by atoms with Crippen LogP contribution in [0.15, 0.2) is 16.4 Å². The molecule has 2 aromatic rings. The Morgan fingerprint density at radius 1 is 1.42 bits per heavy atom. The van der Waals surface area contributed by atoms with Gasteiger partial charge in [-0.2, -0.15) is 5.10 Å². The molecule has 0 aliphatic carbocycles. The first-order valence-corrected chi connectivity index (χ1v) is 11.8. The van der Waals surface area contributed by atoms with E-state index in [9.17, 15) is 0 Å². The molecule has 0 radical (unpaired) electrons. The third kappa shape index (κ3) is 6.17. The highest BCUT2D eigenvalue weighted by Crippen LogP contribution is 2.25. The van der Waals surface area contributed by atoms with Crippen molar-refractivity contribution in [3.05, 3.63) is 33.5 Å². The minimum Gasteiger partial charge on any atom is -0.377 e. The molecule has 2 atom stereocenters. The average Bonchev–Trinajstić information content (AvgIpc) is 3.37. The SMILES string of the molecule is CCNC(=NCC(C)N1CCc2sccc2C1)NC1CCc2nc(COC)nn2C1.I. The molecule has 0 amide bonds. The molecule has 8 nitrogen and oxygen atoms in total. The van der Waals surface area contributed by atoms with E-state index in [-0.39, 0.29) is 24.0 Å². The first kappa shape index (κ1) is 24.4. The summed E-state index contributed by atoms with van der Waals surface area (Å²) in [5.74, 6) is 2.70. The van der Waals surface area contributed by atoms with Gasteiger partial charge in [0, 0.05) is 50.1 Å². The van der Waals surface area contributed by atoms with Crippen LogP contribution in [0.1, 0.15) is 42.4 Å². The highest BCUT2D eigenvalue weighted by molar-refractivity contribution is 14.0. The van der Waals surface area contributed by atoms with Gasteiger partial charge in [-0.1, -0.05) is 0 Å². The van der Waals surface area contributed by atoms with E-state index in [1.807, 2.05) is 16.0 Å². The Balaban J connectivity index is 0.00000272. The first-order valence-electron chi connectivity index (χ1n) is 10.9. The average molecular weight is 560 g/mol. The Hall–Kier alpha value is -1.24. The Morgan fingerprint density at radius 3 is 3.10 bits per heavy atom. The van der Waals surface area contributed by atoms with Crippen molar-refractivity contribution >= 4 is 41.3 Å². The van der Waals surface area contributed by atoms with Gasteiger partial charge in [-0.05, 0) is 43.7 Å². The molecule has 0 fully saturated rings. The second kappa shape index (κ2) is 11.6. The molecule has 31 heavy (non-hydrogen) atoms. The lowest BCUT2D eigenvalue weighted by Crippen LogP contribution is -2.47. The van der Waals surface area contributed by atoms with Gasteiger partial charge in [0.05, 0.1) is 13.1 Å². The van der Waals surface area contributed by atoms with Crippen LogP contribution in [0, 0.1) is 0 Å². The number of hydrogen-bond donors (Lipinski definition) is 2. The number of methoxy groups -OCH3 is 1. The van der Waals surface area contributed by atoms with E-state index in [2.05, 4.69) is 50.9 Å². The fourth-order valence-electron chi connectivity index (χ4n) is 4.17. The number of guanidine groups is 1. The molecule has 0 spiro atoms. The summed E-state index contributed by atoms with van der Waals surface area (Å²) in [4.78, 5) is 13.6. The van der Waals surface area contributed by atoms with E-state index in [0.29, 0.717) is 18.7 Å². The van der Waals surface area contributed by atoms with E-state index >= 15 is 0 Å². The van der Waals surface area contributed by atoms with Crippen molar-refractivity contribution in [3.8, 4) is 0 Å². The van der Waals surface area contributed by atoms with Gasteiger partial charge in [0.2, 0.25) is 0 Å². The molecular weight excluding hydrogens is 525 g/mol. The van der Waals surface area contributed by atoms with Crippen LogP contribution in [0.25, 0.3) is 0 Å². The zero-order valence-corrected chi connectivity index (χ0v) is 21.8. The van der Waals surface area contributed by atoms with Gasteiger partial charge in [-0.3, -0.25) is 9.89 Å². The normalized spacial score (nSPS) is 19.8. The van der Waals surface area contributed by atoms with Gasteiger partial charge in [0.15, 0.2) is 11.8 Å². The number of hydrogen-bond acceptors (Lipinski definition) is 6. The van der Waals surface area contributed by atoms with E-state index in [4.69, 9.17) is 9.73 Å². The molecule has 0 saturated carbocycles. The maximum absolute atomic E-state index is 5.16. The number of ether oxygens (including phenoxy) is 1. The fourth-order valence-corrected chi connectivity index (χ4v) is 5.06. The largest absolute Gasteiger partial charge is 0.377 e. The maximum atomic E-state index is 5.16. The molecule has 10 heteroatoms. The Labute approximate surface area is 205 Å². The van der Waals surface area contributed by atoms with Crippen LogP contribution in [0.4, 0.5) is 0 Å². The fraction of sp³-hybridized carbons (Fsp3) is 0.667. The molecule has 2 aliphatic rings. The molecule has 2 aromatic heterocycles. The van der Waals surface area contributed by atoms with Gasteiger partial charge in [0.1, 0.15) is 12.4 Å². The molecule has 2 aliphatic heterocycles. The predicted octanol–water partition coefficient (Wildman–Crippen LogP) is 2.42. The van der Waals surface area contributed by atoms with Gasteiger partial charge in [0.25, 0.3) is 0 Å². The highest BCUT2D eigenvalue weighted by atomic mass is 127. The van der Waals surface area contributed by atoms with Crippen LogP contribution < -0.4 is 10.6 Å². The number of halogens is 1. The Bertz CT molecular complexity index is 868. The van der Waals surface area contributed by atoms with Crippen LogP contribution in [-0.2, 0) is 37.3 Å². The third-order valence-corrected chi connectivity index (χ3v) is 6.86. The molecular formula is C21H34IN7OS. The van der Waals surface area contributed by atoms with E-state index in [0.717, 1.165) is 69.6 Å². The van der Waals surface area contributed by atoms with E-state index in [1.54, 1.807) is 12.0 Å². The zero-order valence-electron chi connectivity index (χ0n) is 18.6. The minimum atomic E-state index is 0. The number of thiophene rings is 1. The lowest BCUT2D eigenvalue weighted by Gasteiger charge is -2.32. The van der Waals surface area contributed by atoms with E-state index < -0.39 is 0 Å². The van der Waals surface area contributed by atoms with Gasteiger partial charge < -0.3 is 15.4 Å². The molecule has 2 N–H and O–H groups in total. The van der Waals surface area contributed by atoms with Crippen molar-refractivity contribution in [2.24, 2.45) is 4.99 Å². The number of nitrogens with zero attached hydrogens (tertiary/aromatic N) is 5. The highest BCUT2D eigenvalue weighted by Gasteiger charge is 2.24. The zero-order chi connectivity index (χ0) is 20.9. The van der Waals surface area contributed by atoms with Crippen molar-refractivity contribution in [3.63, 3.8) is 0 Å². The topological polar surface area (TPSA) is 79.6 Å². The molecule has 2 unspecified atom stereocenters. The smallest absolute Gasteiger partial charge is 0.191 e. The third-order valence-electron chi connectivity index (χ3n) is 5.83. The summed E-state index contributed by atoms with van der Waals surface area (Å²) in [6.45, 7) is 9.45. The van der Waals surface area contributed by atoms with Crippen molar-refractivity contribution in [2.45, 2.75) is 64.9 Å². The summed E-state index contributed by atoms with van der Waals surface area (Å²) in [7, 11) is 1.67. The minimum absolute atomic E-state index is 0. The van der Waals surface area contributed by atoms with Gasteiger partial charge >= 0.3 is 0 Å². The monoisotopic (exact) mass is 559 g/mol. The van der Waals surface area contributed by atoms with Gasteiger partial charge in [-0.15, -0.1) is 35.3 Å². The second-order valence-electron chi connectivity index (χ2n) is 8.10. The van der Waals surface area contributed by atoms with E-state index in [1.165, 1.54) is 5.56 Å². The lowest BCUT2D eigenvalue weighted by atomic mass is 10.1. The van der Waals surface area contributed by atoms with Crippen LogP contribution in [-0.4, -0.2) is 64.5 Å². The maximum Gasteiger partial charge on any atom is 0.191 e. The second-order valence-corrected chi connectivity index (χ2v) is 9.10. The summed E-state index contributed by atoms with van der Waals surface area (Å²) in [6, 6.07) is 2.98. The number of aromatic nitrogens is 3. The van der Waals surface area contributed by atoms with Crippen molar-refractivity contribution < 1.29 is 4.74 Å². The summed E-state index contributed by atoms with van der Waals surface area (Å²) in [5, 5.41) is 13.8. The number of rotatable bonds is 7. The summed E-state index contributed by atoms with van der Waals surface area (Å²) in [6.07, 6.45) is 3.10. The summed E-state index contributed by atoms with van der Waals surface area (Å²) in [5.41, 5.74) is 1.49. The number of aliphatic imine (C=N–C) groups is 1.